The largest absolute Gasteiger partial charge is 0.347 e. The van der Waals surface area contributed by atoms with Gasteiger partial charge in [0.25, 0.3) is 5.56 Å². The zero-order chi connectivity index (χ0) is 20.8. The molecule has 1 N–H and O–H groups in total. The third kappa shape index (κ3) is 3.13. The van der Waals surface area contributed by atoms with Crippen molar-refractivity contribution < 1.29 is 0 Å². The zero-order valence-electron chi connectivity index (χ0n) is 16.7. The Morgan fingerprint density at radius 2 is 1.83 bits per heavy atom. The minimum atomic E-state index is -0.0770. The third-order valence-corrected chi connectivity index (χ3v) is 6.71. The van der Waals surface area contributed by atoms with Crippen LogP contribution in [-0.2, 0) is 6.54 Å². The van der Waals surface area contributed by atoms with E-state index in [-0.39, 0.29) is 11.6 Å². The Bertz CT molecular complexity index is 1320. The highest BCUT2D eigenvalue weighted by molar-refractivity contribution is 6.42. The Balaban J connectivity index is 1.85. The van der Waals surface area contributed by atoms with Gasteiger partial charge in [0.15, 0.2) is 0 Å². The average Bonchev–Trinajstić information content (AvgIpc) is 3.14. The van der Waals surface area contributed by atoms with Crippen LogP contribution in [0.15, 0.2) is 47.4 Å². The minimum Gasteiger partial charge on any atom is -0.347 e. The van der Waals surface area contributed by atoms with Gasteiger partial charge in [-0.25, -0.2) is 4.98 Å². The number of hydrogen-bond acceptors (Lipinski definition) is 3. The van der Waals surface area contributed by atoms with E-state index in [9.17, 15) is 4.79 Å². The summed E-state index contributed by atoms with van der Waals surface area (Å²) < 4.78 is 4.04. The van der Waals surface area contributed by atoms with Crippen LogP contribution in [0.3, 0.4) is 0 Å². The van der Waals surface area contributed by atoms with Gasteiger partial charge in [-0.15, -0.1) is 0 Å². The van der Waals surface area contributed by atoms with Crippen molar-refractivity contribution in [3.63, 3.8) is 0 Å². The molecule has 1 fully saturated rings. The van der Waals surface area contributed by atoms with Crippen molar-refractivity contribution >= 4 is 45.1 Å². The second kappa shape index (κ2) is 7.73. The summed E-state index contributed by atoms with van der Waals surface area (Å²) in [6.45, 7) is 4.68. The van der Waals surface area contributed by atoms with Crippen molar-refractivity contribution in [3.8, 4) is 11.3 Å². The van der Waals surface area contributed by atoms with Gasteiger partial charge in [0.1, 0.15) is 5.69 Å². The number of piperidine rings is 1. The van der Waals surface area contributed by atoms with Crippen LogP contribution in [0.5, 0.6) is 0 Å². The number of nitrogens with zero attached hydrogens (tertiary/aromatic N) is 3. The fourth-order valence-electron chi connectivity index (χ4n) is 4.50. The maximum atomic E-state index is 13.8. The molecule has 7 heteroatoms. The number of fused-ring (bicyclic) bond motifs is 2. The maximum Gasteiger partial charge on any atom is 0.277 e. The van der Waals surface area contributed by atoms with Crippen LogP contribution in [0, 0.1) is 0 Å². The van der Waals surface area contributed by atoms with Crippen LogP contribution in [0.4, 0.5) is 0 Å². The molecule has 1 aliphatic rings. The molecule has 5 nitrogen and oxygen atoms in total. The third-order valence-electron chi connectivity index (χ3n) is 5.99. The monoisotopic (exact) mass is 440 g/mol. The molecule has 0 spiro atoms. The lowest BCUT2D eigenvalue weighted by molar-refractivity contribution is 0.369. The molecule has 5 rings (SSSR count). The number of nitrogens with one attached hydrogen (secondary N) is 1. The SMILES string of the molecule is CCn1cc(-c2nc3cc(Cl)c(Cl)cc3n(C3CCNCC3)c2=O)c2ccccc21. The van der Waals surface area contributed by atoms with E-state index >= 15 is 0 Å². The molecule has 4 aromatic rings. The summed E-state index contributed by atoms with van der Waals surface area (Å²) in [5.41, 5.74) is 3.76. The first-order valence-corrected chi connectivity index (χ1v) is 11.0. The molecule has 1 saturated heterocycles. The molecule has 2 aromatic heterocycles. The van der Waals surface area contributed by atoms with E-state index in [0.29, 0.717) is 21.3 Å². The number of aromatic nitrogens is 3. The van der Waals surface area contributed by atoms with Gasteiger partial charge in [0.05, 0.1) is 21.1 Å². The molecule has 0 radical (unpaired) electrons. The number of aryl methyl sites for hydroxylation is 1. The Kier molecular flexibility index (Phi) is 5.05. The van der Waals surface area contributed by atoms with E-state index < -0.39 is 0 Å². The fourth-order valence-corrected chi connectivity index (χ4v) is 4.82. The topological polar surface area (TPSA) is 51.9 Å². The van der Waals surface area contributed by atoms with E-state index in [0.717, 1.165) is 54.5 Å². The summed E-state index contributed by atoms with van der Waals surface area (Å²) in [6.07, 6.45) is 3.80. The van der Waals surface area contributed by atoms with Gasteiger partial charge in [0, 0.05) is 35.2 Å². The maximum absolute atomic E-state index is 13.8. The summed E-state index contributed by atoms with van der Waals surface area (Å²) >= 11 is 12.6. The normalized spacial score (nSPS) is 15.3. The van der Waals surface area contributed by atoms with E-state index in [1.165, 1.54) is 0 Å². The molecular formula is C23H22Cl2N4O. The Hall–Kier alpha value is -2.34. The highest BCUT2D eigenvalue weighted by Crippen LogP contribution is 2.33. The van der Waals surface area contributed by atoms with E-state index in [1.54, 1.807) is 12.1 Å². The zero-order valence-corrected chi connectivity index (χ0v) is 18.2. The second-order valence-electron chi connectivity index (χ2n) is 7.72. The van der Waals surface area contributed by atoms with Gasteiger partial charge in [-0.2, -0.15) is 0 Å². The molecular weight excluding hydrogens is 419 g/mol. The first-order chi connectivity index (χ1) is 14.6. The lowest BCUT2D eigenvalue weighted by atomic mass is 10.0. The highest BCUT2D eigenvalue weighted by atomic mass is 35.5. The highest BCUT2D eigenvalue weighted by Gasteiger charge is 2.24. The molecule has 2 aromatic carbocycles. The number of para-hydroxylation sites is 1. The first kappa shape index (κ1) is 19.6. The predicted molar refractivity (Wildman–Crippen MR) is 124 cm³/mol. The number of halogens is 2. The van der Waals surface area contributed by atoms with Crippen LogP contribution in [0.25, 0.3) is 33.2 Å². The van der Waals surface area contributed by atoms with Crippen molar-refractivity contribution in [2.24, 2.45) is 0 Å². The predicted octanol–water partition coefficient (Wildman–Crippen LogP) is 5.27. The van der Waals surface area contributed by atoms with Crippen LogP contribution in [-0.4, -0.2) is 27.2 Å². The molecule has 0 bridgehead atoms. The number of rotatable bonds is 3. The molecule has 30 heavy (non-hydrogen) atoms. The van der Waals surface area contributed by atoms with Crippen LogP contribution < -0.4 is 10.9 Å². The Labute approximate surface area is 184 Å². The number of hydrogen-bond donors (Lipinski definition) is 1. The lowest BCUT2D eigenvalue weighted by Crippen LogP contribution is -2.35. The average molecular weight is 441 g/mol. The molecule has 0 amide bonds. The Morgan fingerprint density at radius 1 is 1.10 bits per heavy atom. The summed E-state index contributed by atoms with van der Waals surface area (Å²) in [5.74, 6) is 0. The fraction of sp³-hybridized carbons (Fsp3) is 0.304. The summed E-state index contributed by atoms with van der Waals surface area (Å²) in [4.78, 5) is 18.6. The molecule has 154 valence electrons. The molecule has 0 unspecified atom stereocenters. The van der Waals surface area contributed by atoms with E-state index in [1.807, 2.05) is 29.0 Å². The van der Waals surface area contributed by atoms with Gasteiger partial charge in [-0.1, -0.05) is 41.4 Å². The first-order valence-electron chi connectivity index (χ1n) is 10.3. The summed E-state index contributed by atoms with van der Waals surface area (Å²) in [5, 5.41) is 5.27. The van der Waals surface area contributed by atoms with Gasteiger partial charge in [-0.05, 0) is 51.1 Å². The van der Waals surface area contributed by atoms with Gasteiger partial charge in [0.2, 0.25) is 0 Å². The van der Waals surface area contributed by atoms with E-state index in [4.69, 9.17) is 28.2 Å². The van der Waals surface area contributed by atoms with Crippen LogP contribution >= 0.6 is 23.2 Å². The summed E-state index contributed by atoms with van der Waals surface area (Å²) in [6, 6.07) is 11.8. The van der Waals surface area contributed by atoms with Gasteiger partial charge < -0.3 is 14.5 Å². The summed E-state index contributed by atoms with van der Waals surface area (Å²) in [7, 11) is 0. The van der Waals surface area contributed by atoms with Crippen molar-refractivity contribution in [2.75, 3.05) is 13.1 Å². The quantitative estimate of drug-likeness (QED) is 0.471. The van der Waals surface area contributed by atoms with Gasteiger partial charge >= 0.3 is 0 Å². The standard InChI is InChI=1S/C23H22Cl2N4O/c1-2-28-13-16(15-5-3-4-6-20(15)28)22-23(30)29(14-7-9-26-10-8-14)21-12-18(25)17(24)11-19(21)27-22/h3-6,11-14,26H,2,7-10H2,1H3. The minimum absolute atomic E-state index is 0.0770. The number of benzene rings is 2. The molecule has 0 saturated carbocycles. The smallest absolute Gasteiger partial charge is 0.277 e. The van der Waals surface area contributed by atoms with Crippen molar-refractivity contribution in [1.82, 2.24) is 19.4 Å². The van der Waals surface area contributed by atoms with Gasteiger partial charge in [-0.3, -0.25) is 4.79 Å². The van der Waals surface area contributed by atoms with Crippen LogP contribution in [0.2, 0.25) is 10.0 Å². The lowest BCUT2D eigenvalue weighted by Gasteiger charge is -2.26. The molecule has 3 heterocycles. The van der Waals surface area contributed by atoms with E-state index in [2.05, 4.69) is 22.9 Å². The van der Waals surface area contributed by atoms with Crippen molar-refractivity contribution in [3.05, 3.63) is 63.0 Å². The Morgan fingerprint density at radius 3 is 2.60 bits per heavy atom. The molecule has 1 aliphatic heterocycles. The molecule has 0 aliphatic carbocycles. The molecule has 0 atom stereocenters. The van der Waals surface area contributed by atoms with Crippen LogP contribution in [0.1, 0.15) is 25.8 Å². The van der Waals surface area contributed by atoms with Crippen molar-refractivity contribution in [2.45, 2.75) is 32.4 Å². The van der Waals surface area contributed by atoms with Crippen molar-refractivity contribution in [1.29, 1.82) is 0 Å². The second-order valence-corrected chi connectivity index (χ2v) is 8.53.